The molecule has 0 radical (unpaired) electrons. The molecule has 1 N–H and O–H groups in total. The molecule has 1 aromatic heterocycles. The van der Waals surface area contributed by atoms with Crippen LogP contribution in [0.15, 0.2) is 16.6 Å². The summed E-state index contributed by atoms with van der Waals surface area (Å²) in [5.74, 6) is 0. The Kier molecular flexibility index (Phi) is 2.30. The van der Waals surface area contributed by atoms with Crippen LogP contribution in [0.3, 0.4) is 0 Å². The maximum absolute atomic E-state index is 9.31. The molecular formula is C12H16N2OS. The third-order valence-corrected chi connectivity index (χ3v) is 4.79. The number of hydrogen-bond acceptors (Lipinski definition) is 4. The maximum Gasteiger partial charge on any atom is 0.0956 e. The highest BCUT2D eigenvalue weighted by molar-refractivity contribution is 7.10. The molecule has 2 heterocycles. The van der Waals surface area contributed by atoms with Gasteiger partial charge in [0.2, 0.25) is 0 Å². The van der Waals surface area contributed by atoms with Crippen LogP contribution in [-0.4, -0.2) is 36.0 Å². The van der Waals surface area contributed by atoms with E-state index in [1.54, 1.807) is 11.3 Å². The van der Waals surface area contributed by atoms with Crippen molar-refractivity contribution in [2.24, 2.45) is 10.6 Å². The van der Waals surface area contributed by atoms with Crippen molar-refractivity contribution in [1.29, 1.82) is 0 Å². The molecule has 0 aromatic carbocycles. The van der Waals surface area contributed by atoms with E-state index >= 15 is 0 Å². The van der Waals surface area contributed by atoms with Crippen LogP contribution in [0.2, 0.25) is 0 Å². The van der Waals surface area contributed by atoms with Gasteiger partial charge in [-0.3, -0.25) is 0 Å². The zero-order valence-corrected chi connectivity index (χ0v) is 10.3. The number of piperidine rings is 1. The highest BCUT2D eigenvalue weighted by Gasteiger charge is 2.46. The number of hydrogen-bond donors (Lipinski definition) is 1. The minimum absolute atomic E-state index is 0.0875. The zero-order chi connectivity index (χ0) is 11.2. The Bertz CT molecular complexity index is 440. The molecule has 1 aliphatic heterocycles. The van der Waals surface area contributed by atoms with Gasteiger partial charge in [-0.05, 0) is 44.3 Å². The van der Waals surface area contributed by atoms with Gasteiger partial charge in [0.15, 0.2) is 0 Å². The van der Waals surface area contributed by atoms with Crippen molar-refractivity contribution in [3.8, 4) is 0 Å². The first-order valence-corrected chi connectivity index (χ1v) is 6.61. The van der Waals surface area contributed by atoms with Gasteiger partial charge in [-0.25, -0.2) is 0 Å². The highest BCUT2D eigenvalue weighted by Crippen LogP contribution is 2.45. The summed E-state index contributed by atoms with van der Waals surface area (Å²) in [7, 11) is 2.16. The number of thiophene rings is 1. The Morgan fingerprint density at radius 1 is 1.56 bits per heavy atom. The first kappa shape index (κ1) is 10.3. The fourth-order valence-corrected chi connectivity index (χ4v) is 4.24. The average Bonchev–Trinajstić information content (AvgIpc) is 2.75. The summed E-state index contributed by atoms with van der Waals surface area (Å²) in [5.41, 5.74) is 2.20. The van der Waals surface area contributed by atoms with E-state index in [1.807, 2.05) is 0 Å². The molecule has 3 nitrogen and oxygen atoms in total. The summed E-state index contributed by atoms with van der Waals surface area (Å²) in [6, 6.07) is 2.10. The van der Waals surface area contributed by atoms with E-state index < -0.39 is 0 Å². The molecule has 1 saturated heterocycles. The largest absolute Gasteiger partial charge is 0.411 e. The third-order valence-electron chi connectivity index (χ3n) is 3.87. The second kappa shape index (κ2) is 3.57. The summed E-state index contributed by atoms with van der Waals surface area (Å²) in [4.78, 5) is 3.74. The number of rotatable bonds is 0. The molecule has 1 aliphatic carbocycles. The minimum atomic E-state index is 0.0875. The lowest BCUT2D eigenvalue weighted by atomic mass is 9.76. The van der Waals surface area contributed by atoms with Crippen LogP contribution < -0.4 is 0 Å². The predicted octanol–water partition coefficient (Wildman–Crippen LogP) is 2.19. The molecule has 2 aliphatic rings. The van der Waals surface area contributed by atoms with Crippen molar-refractivity contribution in [2.45, 2.75) is 19.3 Å². The first-order valence-electron chi connectivity index (χ1n) is 5.73. The number of oxime groups is 1. The summed E-state index contributed by atoms with van der Waals surface area (Å²) < 4.78 is 0. The maximum atomic E-state index is 9.31. The SMILES string of the molecule is CN1CCCC2(Cc3sccc3/C2=N/O)C1. The average molecular weight is 236 g/mol. The van der Waals surface area contributed by atoms with Crippen LogP contribution in [-0.2, 0) is 6.42 Å². The molecular weight excluding hydrogens is 220 g/mol. The van der Waals surface area contributed by atoms with Crippen molar-refractivity contribution >= 4 is 17.0 Å². The Labute approximate surface area is 99.4 Å². The van der Waals surface area contributed by atoms with Crippen molar-refractivity contribution in [1.82, 2.24) is 4.90 Å². The Morgan fingerprint density at radius 2 is 2.44 bits per heavy atom. The van der Waals surface area contributed by atoms with Gasteiger partial charge >= 0.3 is 0 Å². The molecule has 3 rings (SSSR count). The lowest BCUT2D eigenvalue weighted by Gasteiger charge is -2.38. The van der Waals surface area contributed by atoms with Crippen LogP contribution in [0, 0.1) is 5.41 Å². The molecule has 16 heavy (non-hydrogen) atoms. The van der Waals surface area contributed by atoms with E-state index in [9.17, 15) is 5.21 Å². The van der Waals surface area contributed by atoms with Gasteiger partial charge < -0.3 is 10.1 Å². The third kappa shape index (κ3) is 1.33. The highest BCUT2D eigenvalue weighted by atomic mass is 32.1. The molecule has 86 valence electrons. The van der Waals surface area contributed by atoms with Gasteiger partial charge in [0, 0.05) is 22.4 Å². The second-order valence-corrected chi connectivity index (χ2v) is 6.01. The molecule has 0 amide bonds. The van der Waals surface area contributed by atoms with Gasteiger partial charge in [0.1, 0.15) is 0 Å². The zero-order valence-electron chi connectivity index (χ0n) is 9.44. The van der Waals surface area contributed by atoms with E-state index in [0.29, 0.717) is 0 Å². The molecule has 1 unspecified atom stereocenters. The smallest absolute Gasteiger partial charge is 0.0956 e. The molecule has 1 atom stereocenters. The van der Waals surface area contributed by atoms with Gasteiger partial charge in [-0.15, -0.1) is 11.3 Å². The molecule has 4 heteroatoms. The number of fused-ring (bicyclic) bond motifs is 1. The van der Waals surface area contributed by atoms with Gasteiger partial charge in [-0.2, -0.15) is 0 Å². The van der Waals surface area contributed by atoms with Gasteiger partial charge in [0.05, 0.1) is 5.71 Å². The van der Waals surface area contributed by atoms with Crippen LogP contribution in [0.4, 0.5) is 0 Å². The van der Waals surface area contributed by atoms with Crippen LogP contribution in [0.5, 0.6) is 0 Å². The second-order valence-electron chi connectivity index (χ2n) is 5.00. The lowest BCUT2D eigenvalue weighted by Crippen LogP contribution is -2.45. The van der Waals surface area contributed by atoms with Crippen LogP contribution in [0.25, 0.3) is 0 Å². The van der Waals surface area contributed by atoms with Crippen LogP contribution >= 0.6 is 11.3 Å². The van der Waals surface area contributed by atoms with E-state index in [1.165, 1.54) is 16.9 Å². The first-order chi connectivity index (χ1) is 7.75. The monoisotopic (exact) mass is 236 g/mol. The Hall–Kier alpha value is -0.870. The Balaban J connectivity index is 2.02. The molecule has 1 aromatic rings. The summed E-state index contributed by atoms with van der Waals surface area (Å²) in [6.45, 7) is 2.18. The number of nitrogens with zero attached hydrogens (tertiary/aromatic N) is 2. The topological polar surface area (TPSA) is 35.8 Å². The quantitative estimate of drug-likeness (QED) is 0.553. The summed E-state index contributed by atoms with van der Waals surface area (Å²) in [5, 5.41) is 15.0. The molecule has 0 saturated carbocycles. The molecule has 0 bridgehead atoms. The van der Waals surface area contributed by atoms with Crippen molar-refractivity contribution in [3.05, 3.63) is 21.9 Å². The lowest BCUT2D eigenvalue weighted by molar-refractivity contribution is 0.167. The van der Waals surface area contributed by atoms with Crippen molar-refractivity contribution in [2.75, 3.05) is 20.1 Å². The number of likely N-dealkylation sites (tertiary alicyclic amines) is 1. The Morgan fingerprint density at radius 3 is 3.19 bits per heavy atom. The van der Waals surface area contributed by atoms with E-state index in [-0.39, 0.29) is 5.41 Å². The summed E-state index contributed by atoms with van der Waals surface area (Å²) >= 11 is 1.79. The van der Waals surface area contributed by atoms with Crippen LogP contribution in [0.1, 0.15) is 23.3 Å². The van der Waals surface area contributed by atoms with Gasteiger partial charge in [-0.1, -0.05) is 5.16 Å². The predicted molar refractivity (Wildman–Crippen MR) is 65.5 cm³/mol. The van der Waals surface area contributed by atoms with E-state index in [2.05, 4.69) is 28.5 Å². The molecule has 1 spiro atoms. The van der Waals surface area contributed by atoms with Crippen molar-refractivity contribution < 1.29 is 5.21 Å². The van der Waals surface area contributed by atoms with Gasteiger partial charge in [0.25, 0.3) is 0 Å². The van der Waals surface area contributed by atoms with Crippen molar-refractivity contribution in [3.63, 3.8) is 0 Å². The van der Waals surface area contributed by atoms with E-state index in [0.717, 1.165) is 31.6 Å². The summed E-state index contributed by atoms with van der Waals surface area (Å²) in [6.07, 6.45) is 3.41. The fourth-order valence-electron chi connectivity index (χ4n) is 3.22. The van der Waals surface area contributed by atoms with E-state index in [4.69, 9.17) is 0 Å². The standard InChI is InChI=1S/C12H16N2OS/c1-14-5-2-4-12(8-14)7-10-9(3-6-16-10)11(12)13-15/h3,6,15H,2,4-5,7-8H2,1H3/b13-11-. The minimum Gasteiger partial charge on any atom is -0.411 e. The fraction of sp³-hybridized carbons (Fsp3) is 0.583. The normalized spacial score (nSPS) is 32.4. The molecule has 1 fully saturated rings.